The van der Waals surface area contributed by atoms with Crippen LogP contribution in [0.2, 0.25) is 0 Å². The molecule has 0 radical (unpaired) electrons. The van der Waals surface area contributed by atoms with Crippen molar-refractivity contribution in [2.45, 2.75) is 25.4 Å². The second kappa shape index (κ2) is 5.17. The molecule has 1 saturated heterocycles. The van der Waals surface area contributed by atoms with Crippen molar-refractivity contribution < 1.29 is 4.52 Å². The van der Waals surface area contributed by atoms with E-state index in [2.05, 4.69) is 15.0 Å². The Hall–Kier alpha value is -1.24. The summed E-state index contributed by atoms with van der Waals surface area (Å²) in [5.41, 5.74) is 5.95. The van der Waals surface area contributed by atoms with Gasteiger partial charge in [-0.1, -0.05) is 11.2 Å². The van der Waals surface area contributed by atoms with E-state index in [4.69, 9.17) is 10.3 Å². The molecule has 3 heterocycles. The normalized spacial score (nSPS) is 21.3. The van der Waals surface area contributed by atoms with E-state index in [-0.39, 0.29) is 6.04 Å². The number of nitrogens with zero attached hydrogens (tertiary/aromatic N) is 3. The maximum atomic E-state index is 5.95. The number of hydrogen-bond acceptors (Lipinski definition) is 6. The number of piperidine rings is 1. The van der Waals surface area contributed by atoms with Gasteiger partial charge in [-0.25, -0.2) is 0 Å². The zero-order valence-electron chi connectivity index (χ0n) is 10.1. The Bertz CT molecular complexity index is 496. The molecule has 0 saturated carbocycles. The molecule has 0 spiro atoms. The first kappa shape index (κ1) is 11.8. The molecule has 1 aliphatic rings. The highest BCUT2D eigenvalue weighted by Crippen LogP contribution is 2.22. The quantitative estimate of drug-likeness (QED) is 0.914. The predicted molar refractivity (Wildman–Crippen MR) is 70.1 cm³/mol. The zero-order valence-corrected chi connectivity index (χ0v) is 10.9. The van der Waals surface area contributed by atoms with Gasteiger partial charge in [-0.2, -0.15) is 4.98 Å². The van der Waals surface area contributed by atoms with E-state index in [0.717, 1.165) is 30.8 Å². The van der Waals surface area contributed by atoms with Gasteiger partial charge in [0.25, 0.3) is 0 Å². The fourth-order valence-corrected chi connectivity index (χ4v) is 2.90. The van der Waals surface area contributed by atoms with E-state index in [0.29, 0.717) is 18.3 Å². The third-order valence-electron chi connectivity index (χ3n) is 3.11. The van der Waals surface area contributed by atoms with Crippen LogP contribution in [0.15, 0.2) is 22.0 Å². The van der Waals surface area contributed by atoms with Crippen LogP contribution in [0.5, 0.6) is 0 Å². The molecule has 1 atom stereocenters. The first-order valence-electron chi connectivity index (χ1n) is 6.15. The van der Waals surface area contributed by atoms with E-state index in [1.54, 1.807) is 11.3 Å². The molecular formula is C12H16N4OS. The molecule has 18 heavy (non-hydrogen) atoms. The van der Waals surface area contributed by atoms with Crippen LogP contribution in [0, 0.1) is 0 Å². The topological polar surface area (TPSA) is 68.2 Å². The SMILES string of the molecule is N[C@H]1CCCN(Cc2nc(-c3cccs3)no2)C1. The van der Waals surface area contributed by atoms with Gasteiger partial charge in [0.15, 0.2) is 0 Å². The lowest BCUT2D eigenvalue weighted by molar-refractivity contribution is 0.178. The third kappa shape index (κ3) is 2.60. The minimum absolute atomic E-state index is 0.276. The Balaban J connectivity index is 1.66. The predicted octanol–water partition coefficient (Wildman–Crippen LogP) is 1.72. The van der Waals surface area contributed by atoms with Crippen molar-refractivity contribution in [3.8, 4) is 10.7 Å². The van der Waals surface area contributed by atoms with Gasteiger partial charge in [0.1, 0.15) is 0 Å². The van der Waals surface area contributed by atoms with Crippen molar-refractivity contribution in [1.82, 2.24) is 15.0 Å². The molecule has 1 aliphatic heterocycles. The van der Waals surface area contributed by atoms with Crippen molar-refractivity contribution >= 4 is 11.3 Å². The Morgan fingerprint density at radius 1 is 1.56 bits per heavy atom. The fourth-order valence-electron chi connectivity index (χ4n) is 2.25. The van der Waals surface area contributed by atoms with E-state index < -0.39 is 0 Å². The minimum Gasteiger partial charge on any atom is -0.338 e. The molecule has 0 aliphatic carbocycles. The summed E-state index contributed by atoms with van der Waals surface area (Å²) in [5, 5.41) is 6.02. The van der Waals surface area contributed by atoms with Gasteiger partial charge in [-0.15, -0.1) is 11.3 Å². The lowest BCUT2D eigenvalue weighted by Gasteiger charge is -2.29. The van der Waals surface area contributed by atoms with E-state index in [1.807, 2.05) is 17.5 Å². The molecule has 0 aromatic carbocycles. The summed E-state index contributed by atoms with van der Waals surface area (Å²) in [6.07, 6.45) is 2.26. The minimum atomic E-state index is 0.276. The average Bonchev–Trinajstić information content (AvgIpc) is 2.98. The summed E-state index contributed by atoms with van der Waals surface area (Å²) >= 11 is 1.62. The summed E-state index contributed by atoms with van der Waals surface area (Å²) in [6.45, 7) is 2.67. The molecule has 1 fully saturated rings. The molecule has 6 heteroatoms. The highest BCUT2D eigenvalue weighted by atomic mass is 32.1. The van der Waals surface area contributed by atoms with Gasteiger partial charge >= 0.3 is 0 Å². The summed E-state index contributed by atoms with van der Waals surface area (Å²) in [6, 6.07) is 4.26. The molecule has 2 aromatic rings. The van der Waals surface area contributed by atoms with Gasteiger partial charge in [0, 0.05) is 12.6 Å². The molecule has 0 bridgehead atoms. The first-order valence-corrected chi connectivity index (χ1v) is 7.03. The number of hydrogen-bond donors (Lipinski definition) is 1. The lowest BCUT2D eigenvalue weighted by Crippen LogP contribution is -2.42. The monoisotopic (exact) mass is 264 g/mol. The molecular weight excluding hydrogens is 248 g/mol. The van der Waals surface area contributed by atoms with Crippen molar-refractivity contribution in [3.63, 3.8) is 0 Å². The Labute approximate surface area is 110 Å². The number of nitrogens with two attached hydrogens (primary N) is 1. The van der Waals surface area contributed by atoms with E-state index in [9.17, 15) is 0 Å². The van der Waals surface area contributed by atoms with Gasteiger partial charge < -0.3 is 10.3 Å². The van der Waals surface area contributed by atoms with Crippen molar-refractivity contribution in [2.75, 3.05) is 13.1 Å². The molecule has 0 unspecified atom stereocenters. The summed E-state index contributed by atoms with van der Waals surface area (Å²) in [4.78, 5) is 7.74. The van der Waals surface area contributed by atoms with E-state index >= 15 is 0 Å². The molecule has 96 valence electrons. The summed E-state index contributed by atoms with van der Waals surface area (Å²) in [5.74, 6) is 1.36. The Kier molecular flexibility index (Phi) is 3.40. The molecule has 5 nitrogen and oxygen atoms in total. The van der Waals surface area contributed by atoms with Gasteiger partial charge in [0.2, 0.25) is 11.7 Å². The maximum Gasteiger partial charge on any atom is 0.241 e. The van der Waals surface area contributed by atoms with Crippen LogP contribution >= 0.6 is 11.3 Å². The summed E-state index contributed by atoms with van der Waals surface area (Å²) in [7, 11) is 0. The number of rotatable bonds is 3. The van der Waals surface area contributed by atoms with Crippen molar-refractivity contribution in [3.05, 3.63) is 23.4 Å². The molecule has 2 aromatic heterocycles. The number of likely N-dealkylation sites (tertiary alicyclic amines) is 1. The largest absolute Gasteiger partial charge is 0.338 e. The van der Waals surface area contributed by atoms with Crippen LogP contribution in [-0.4, -0.2) is 34.2 Å². The van der Waals surface area contributed by atoms with Gasteiger partial charge in [-0.3, -0.25) is 4.90 Å². The number of thiophene rings is 1. The van der Waals surface area contributed by atoms with Crippen LogP contribution in [0.3, 0.4) is 0 Å². The highest BCUT2D eigenvalue weighted by Gasteiger charge is 2.19. The lowest BCUT2D eigenvalue weighted by atomic mass is 10.1. The highest BCUT2D eigenvalue weighted by molar-refractivity contribution is 7.13. The second-order valence-corrected chi connectivity index (χ2v) is 5.57. The Morgan fingerprint density at radius 2 is 2.50 bits per heavy atom. The molecule has 2 N–H and O–H groups in total. The standard InChI is InChI=1S/C12H16N4OS/c13-9-3-1-5-16(7-9)8-11-14-12(15-17-11)10-4-2-6-18-10/h2,4,6,9H,1,3,5,7-8,13H2/t9-/m0/s1. The van der Waals surface area contributed by atoms with Crippen LogP contribution in [0.4, 0.5) is 0 Å². The van der Waals surface area contributed by atoms with Gasteiger partial charge in [-0.05, 0) is 30.8 Å². The van der Waals surface area contributed by atoms with E-state index in [1.165, 1.54) is 0 Å². The van der Waals surface area contributed by atoms with Crippen molar-refractivity contribution in [1.29, 1.82) is 0 Å². The van der Waals surface area contributed by atoms with Crippen molar-refractivity contribution in [2.24, 2.45) is 5.73 Å². The van der Waals surface area contributed by atoms with Crippen LogP contribution in [0.25, 0.3) is 10.7 Å². The molecule has 0 amide bonds. The third-order valence-corrected chi connectivity index (χ3v) is 3.98. The smallest absolute Gasteiger partial charge is 0.241 e. The van der Waals surface area contributed by atoms with Crippen LogP contribution in [-0.2, 0) is 6.54 Å². The maximum absolute atomic E-state index is 5.95. The second-order valence-electron chi connectivity index (χ2n) is 4.63. The van der Waals surface area contributed by atoms with Crippen LogP contribution < -0.4 is 5.73 Å². The Morgan fingerprint density at radius 3 is 3.28 bits per heavy atom. The fraction of sp³-hybridized carbons (Fsp3) is 0.500. The first-order chi connectivity index (χ1) is 8.81. The van der Waals surface area contributed by atoms with Crippen LogP contribution in [0.1, 0.15) is 18.7 Å². The molecule has 3 rings (SSSR count). The summed E-state index contributed by atoms with van der Waals surface area (Å²) < 4.78 is 5.29. The number of aromatic nitrogens is 2. The average molecular weight is 264 g/mol. The zero-order chi connectivity index (χ0) is 12.4. The van der Waals surface area contributed by atoms with Gasteiger partial charge in [0.05, 0.1) is 11.4 Å².